The summed E-state index contributed by atoms with van der Waals surface area (Å²) in [6.45, 7) is 2.03. The number of hydrogen-bond acceptors (Lipinski definition) is 7. The SMILES string of the molecule is CNc1cc(-c2cncc(-c3cc(NC(=O)c4cc(C5CC5)cnn4)ccc3C)c2)ncn1. The summed E-state index contributed by atoms with van der Waals surface area (Å²) in [6.07, 6.45) is 9.14. The number of nitrogens with one attached hydrogen (secondary N) is 2. The van der Waals surface area contributed by atoms with Crippen LogP contribution in [0.1, 0.15) is 40.4 Å². The molecule has 3 heterocycles. The highest BCUT2D eigenvalue weighted by atomic mass is 16.1. The highest BCUT2D eigenvalue weighted by Gasteiger charge is 2.25. The van der Waals surface area contributed by atoms with Crippen LogP contribution in [-0.4, -0.2) is 38.1 Å². The van der Waals surface area contributed by atoms with Crippen molar-refractivity contribution in [3.63, 3.8) is 0 Å². The van der Waals surface area contributed by atoms with E-state index in [1.807, 2.05) is 56.6 Å². The van der Waals surface area contributed by atoms with Crippen molar-refractivity contribution in [1.29, 1.82) is 0 Å². The Bertz CT molecular complexity index is 1330. The van der Waals surface area contributed by atoms with Gasteiger partial charge < -0.3 is 10.6 Å². The first-order valence-corrected chi connectivity index (χ1v) is 10.8. The zero-order valence-corrected chi connectivity index (χ0v) is 18.4. The highest BCUT2D eigenvalue weighted by Crippen LogP contribution is 2.39. The number of benzene rings is 1. The predicted octanol–water partition coefficient (Wildman–Crippen LogP) is 4.48. The molecule has 0 saturated heterocycles. The van der Waals surface area contributed by atoms with Gasteiger partial charge in [0.05, 0.1) is 11.9 Å². The second-order valence-electron chi connectivity index (χ2n) is 8.13. The molecule has 1 aliphatic rings. The fourth-order valence-electron chi connectivity index (χ4n) is 3.72. The van der Waals surface area contributed by atoms with E-state index in [4.69, 9.17) is 0 Å². The number of carbonyl (C=O) groups is 1. The smallest absolute Gasteiger partial charge is 0.276 e. The lowest BCUT2D eigenvalue weighted by molar-refractivity contribution is 0.102. The van der Waals surface area contributed by atoms with Crippen LogP contribution in [0.5, 0.6) is 0 Å². The van der Waals surface area contributed by atoms with Gasteiger partial charge in [0.2, 0.25) is 0 Å². The second-order valence-corrected chi connectivity index (χ2v) is 8.13. The van der Waals surface area contributed by atoms with Crippen molar-refractivity contribution in [2.24, 2.45) is 0 Å². The van der Waals surface area contributed by atoms with E-state index in [1.165, 1.54) is 6.33 Å². The Balaban J connectivity index is 1.42. The van der Waals surface area contributed by atoms with E-state index < -0.39 is 0 Å². The molecule has 1 aliphatic carbocycles. The molecule has 0 atom stereocenters. The summed E-state index contributed by atoms with van der Waals surface area (Å²) in [7, 11) is 1.82. The maximum absolute atomic E-state index is 12.8. The number of carbonyl (C=O) groups excluding carboxylic acids is 1. The second kappa shape index (κ2) is 8.74. The molecule has 0 unspecified atom stereocenters. The summed E-state index contributed by atoms with van der Waals surface area (Å²) in [4.78, 5) is 25.7. The Kier molecular flexibility index (Phi) is 5.48. The summed E-state index contributed by atoms with van der Waals surface area (Å²) >= 11 is 0. The maximum atomic E-state index is 12.8. The molecule has 1 saturated carbocycles. The number of hydrogen-bond donors (Lipinski definition) is 2. The minimum Gasteiger partial charge on any atom is -0.373 e. The molecule has 164 valence electrons. The Morgan fingerprint density at radius 3 is 2.67 bits per heavy atom. The van der Waals surface area contributed by atoms with Crippen molar-refractivity contribution in [3.8, 4) is 22.4 Å². The van der Waals surface area contributed by atoms with Crippen molar-refractivity contribution in [1.82, 2.24) is 25.1 Å². The summed E-state index contributed by atoms with van der Waals surface area (Å²) in [5.74, 6) is 0.976. The molecule has 8 heteroatoms. The van der Waals surface area contributed by atoms with Gasteiger partial charge in [-0.1, -0.05) is 6.07 Å². The van der Waals surface area contributed by atoms with Gasteiger partial charge in [0.1, 0.15) is 12.1 Å². The molecule has 0 spiro atoms. The molecule has 5 rings (SSSR count). The van der Waals surface area contributed by atoms with Gasteiger partial charge >= 0.3 is 0 Å². The van der Waals surface area contributed by atoms with Gasteiger partial charge in [0.25, 0.3) is 5.91 Å². The van der Waals surface area contributed by atoms with Crippen LogP contribution in [0.2, 0.25) is 0 Å². The van der Waals surface area contributed by atoms with E-state index in [-0.39, 0.29) is 5.91 Å². The van der Waals surface area contributed by atoms with Gasteiger partial charge in [0, 0.05) is 42.3 Å². The van der Waals surface area contributed by atoms with E-state index in [9.17, 15) is 4.79 Å². The molecule has 4 aromatic rings. The Morgan fingerprint density at radius 1 is 1.00 bits per heavy atom. The molecule has 0 aliphatic heterocycles. The molecule has 2 N–H and O–H groups in total. The van der Waals surface area contributed by atoms with Crippen LogP contribution >= 0.6 is 0 Å². The molecule has 33 heavy (non-hydrogen) atoms. The van der Waals surface area contributed by atoms with Crippen LogP contribution in [0.4, 0.5) is 11.5 Å². The molecule has 1 amide bonds. The fourth-order valence-corrected chi connectivity index (χ4v) is 3.72. The molecule has 1 aromatic carbocycles. The van der Waals surface area contributed by atoms with Gasteiger partial charge in [-0.05, 0) is 66.6 Å². The molecule has 0 bridgehead atoms. The number of pyridine rings is 1. The first-order chi connectivity index (χ1) is 16.1. The number of aromatic nitrogens is 5. The van der Waals surface area contributed by atoms with Gasteiger partial charge in [0.15, 0.2) is 5.69 Å². The third-order valence-electron chi connectivity index (χ3n) is 5.72. The van der Waals surface area contributed by atoms with Crippen molar-refractivity contribution >= 4 is 17.4 Å². The zero-order valence-electron chi connectivity index (χ0n) is 18.4. The van der Waals surface area contributed by atoms with Crippen LogP contribution in [0.25, 0.3) is 22.4 Å². The number of aryl methyl sites for hydroxylation is 1. The first kappa shape index (κ1) is 20.7. The van der Waals surface area contributed by atoms with E-state index in [0.29, 0.717) is 17.3 Å². The monoisotopic (exact) mass is 437 g/mol. The van der Waals surface area contributed by atoms with Crippen LogP contribution in [-0.2, 0) is 0 Å². The number of nitrogens with zero attached hydrogens (tertiary/aromatic N) is 5. The van der Waals surface area contributed by atoms with E-state index in [2.05, 4.69) is 35.8 Å². The van der Waals surface area contributed by atoms with Crippen LogP contribution < -0.4 is 10.6 Å². The molecular formula is C25H23N7O. The fraction of sp³-hybridized carbons (Fsp3) is 0.200. The van der Waals surface area contributed by atoms with Gasteiger partial charge in [-0.2, -0.15) is 5.10 Å². The average molecular weight is 438 g/mol. The minimum absolute atomic E-state index is 0.271. The van der Waals surface area contributed by atoms with E-state index in [1.54, 1.807) is 12.4 Å². The summed E-state index contributed by atoms with van der Waals surface area (Å²) in [5, 5.41) is 14.0. The summed E-state index contributed by atoms with van der Waals surface area (Å²) < 4.78 is 0. The average Bonchev–Trinajstić information content (AvgIpc) is 3.71. The van der Waals surface area contributed by atoms with Crippen molar-refractivity contribution in [3.05, 3.63) is 78.1 Å². The topological polar surface area (TPSA) is 106 Å². The Labute approximate surface area is 191 Å². The van der Waals surface area contributed by atoms with E-state index in [0.717, 1.165) is 52.2 Å². The van der Waals surface area contributed by atoms with Gasteiger partial charge in [-0.15, -0.1) is 5.10 Å². The van der Waals surface area contributed by atoms with Crippen LogP contribution in [0.3, 0.4) is 0 Å². The minimum atomic E-state index is -0.271. The van der Waals surface area contributed by atoms with Crippen molar-refractivity contribution in [2.45, 2.75) is 25.7 Å². The van der Waals surface area contributed by atoms with Gasteiger partial charge in [-0.3, -0.25) is 9.78 Å². The quantitative estimate of drug-likeness (QED) is 0.458. The van der Waals surface area contributed by atoms with Crippen molar-refractivity contribution < 1.29 is 4.79 Å². The zero-order chi connectivity index (χ0) is 22.8. The maximum Gasteiger partial charge on any atom is 0.276 e. The molecular weight excluding hydrogens is 414 g/mol. The predicted molar refractivity (Wildman–Crippen MR) is 127 cm³/mol. The first-order valence-electron chi connectivity index (χ1n) is 10.8. The van der Waals surface area contributed by atoms with Crippen LogP contribution in [0.15, 0.2) is 61.3 Å². The lowest BCUT2D eigenvalue weighted by Gasteiger charge is -2.11. The number of anilines is 2. The van der Waals surface area contributed by atoms with E-state index >= 15 is 0 Å². The summed E-state index contributed by atoms with van der Waals surface area (Å²) in [6, 6.07) is 11.6. The summed E-state index contributed by atoms with van der Waals surface area (Å²) in [5.41, 5.74) is 6.73. The molecule has 8 nitrogen and oxygen atoms in total. The number of amides is 1. The third-order valence-corrected chi connectivity index (χ3v) is 5.72. The molecule has 1 fully saturated rings. The van der Waals surface area contributed by atoms with Crippen molar-refractivity contribution in [2.75, 3.05) is 17.7 Å². The Morgan fingerprint density at radius 2 is 1.85 bits per heavy atom. The molecule has 3 aromatic heterocycles. The normalized spacial score (nSPS) is 12.9. The standard InChI is InChI=1S/C25H23N7O/c1-15-3-6-20(31-25(33)23-8-17(13-30-32-23)16-4-5-16)9-21(15)18-7-19(12-27-11-18)22-10-24(26-2)29-14-28-22/h3,6-14,16H,4-5H2,1-2H3,(H,31,33)(H,26,28,29). The lowest BCUT2D eigenvalue weighted by Crippen LogP contribution is -2.14. The largest absolute Gasteiger partial charge is 0.373 e. The highest BCUT2D eigenvalue weighted by molar-refractivity contribution is 6.03. The van der Waals surface area contributed by atoms with Gasteiger partial charge in [-0.25, -0.2) is 9.97 Å². The Hall–Kier alpha value is -4.20. The number of rotatable bonds is 6. The lowest BCUT2D eigenvalue weighted by atomic mass is 9.99. The van der Waals surface area contributed by atoms with Crippen LogP contribution in [0, 0.1) is 6.92 Å². The molecule has 0 radical (unpaired) electrons. The third kappa shape index (κ3) is 4.55.